The summed E-state index contributed by atoms with van der Waals surface area (Å²) in [6.07, 6.45) is 3.93. The Morgan fingerprint density at radius 1 is 1.57 bits per heavy atom. The van der Waals surface area contributed by atoms with Crippen LogP contribution in [0.2, 0.25) is 0 Å². The summed E-state index contributed by atoms with van der Waals surface area (Å²) in [6, 6.07) is 0. The maximum absolute atomic E-state index is 5.60. The third kappa shape index (κ3) is 4.33. The van der Waals surface area contributed by atoms with Crippen LogP contribution in [0.25, 0.3) is 0 Å². The van der Waals surface area contributed by atoms with Gasteiger partial charge < -0.3 is 0 Å². The SMILES string of the molecule is CCSCCn1cc(CCCCl)nn1. The van der Waals surface area contributed by atoms with Gasteiger partial charge >= 0.3 is 0 Å². The molecule has 0 N–H and O–H groups in total. The van der Waals surface area contributed by atoms with Gasteiger partial charge in [-0.15, -0.1) is 16.7 Å². The van der Waals surface area contributed by atoms with Crippen LogP contribution in [0, 0.1) is 0 Å². The van der Waals surface area contributed by atoms with E-state index in [1.54, 1.807) is 0 Å². The van der Waals surface area contributed by atoms with Gasteiger partial charge in [0.2, 0.25) is 0 Å². The maximum Gasteiger partial charge on any atom is 0.0827 e. The number of hydrogen-bond donors (Lipinski definition) is 0. The summed E-state index contributed by atoms with van der Waals surface area (Å²) in [6.45, 7) is 3.12. The highest BCUT2D eigenvalue weighted by Gasteiger charge is 1.99. The van der Waals surface area contributed by atoms with Crippen LogP contribution >= 0.6 is 23.4 Å². The molecule has 0 aliphatic rings. The van der Waals surface area contributed by atoms with Gasteiger partial charge in [-0.3, -0.25) is 4.68 Å². The molecule has 0 radical (unpaired) electrons. The molecule has 0 aliphatic heterocycles. The van der Waals surface area contributed by atoms with Gasteiger partial charge in [0.25, 0.3) is 0 Å². The van der Waals surface area contributed by atoms with E-state index in [1.165, 1.54) is 0 Å². The minimum absolute atomic E-state index is 0.693. The summed E-state index contributed by atoms with van der Waals surface area (Å²) in [4.78, 5) is 0. The van der Waals surface area contributed by atoms with Gasteiger partial charge in [-0.1, -0.05) is 12.1 Å². The molecule has 1 aromatic heterocycles. The second-order valence-corrected chi connectivity index (χ2v) is 4.73. The third-order valence-corrected chi connectivity index (χ3v) is 2.97. The third-order valence-electron chi connectivity index (χ3n) is 1.82. The Morgan fingerprint density at radius 3 is 3.14 bits per heavy atom. The van der Waals surface area contributed by atoms with Crippen molar-refractivity contribution in [2.24, 2.45) is 0 Å². The molecule has 5 heteroatoms. The van der Waals surface area contributed by atoms with E-state index in [2.05, 4.69) is 17.2 Å². The number of halogens is 1. The van der Waals surface area contributed by atoms with Gasteiger partial charge in [-0.25, -0.2) is 0 Å². The number of rotatable bonds is 7. The molecule has 1 heterocycles. The summed E-state index contributed by atoms with van der Waals surface area (Å²) in [7, 11) is 0. The van der Waals surface area contributed by atoms with Crippen molar-refractivity contribution in [3.8, 4) is 0 Å². The molecule has 1 aromatic rings. The molecule has 0 aromatic carbocycles. The molecule has 0 spiro atoms. The van der Waals surface area contributed by atoms with Gasteiger partial charge in [0.15, 0.2) is 0 Å². The van der Waals surface area contributed by atoms with E-state index in [-0.39, 0.29) is 0 Å². The molecule has 0 saturated carbocycles. The summed E-state index contributed by atoms with van der Waals surface area (Å²) in [5.74, 6) is 2.96. The molecule has 0 aliphatic carbocycles. The first kappa shape index (κ1) is 11.9. The number of alkyl halides is 1. The topological polar surface area (TPSA) is 30.7 Å². The first-order valence-electron chi connectivity index (χ1n) is 4.89. The lowest BCUT2D eigenvalue weighted by Gasteiger charge is -1.97. The van der Waals surface area contributed by atoms with Gasteiger partial charge in [-0.2, -0.15) is 11.8 Å². The van der Waals surface area contributed by atoms with E-state index in [9.17, 15) is 0 Å². The predicted molar refractivity (Wildman–Crippen MR) is 62.1 cm³/mol. The minimum Gasteiger partial charge on any atom is -0.251 e. The van der Waals surface area contributed by atoms with Crippen LogP contribution in [0.15, 0.2) is 6.20 Å². The molecule has 0 saturated heterocycles. The van der Waals surface area contributed by atoms with E-state index < -0.39 is 0 Å². The van der Waals surface area contributed by atoms with Crippen molar-refractivity contribution in [3.63, 3.8) is 0 Å². The van der Waals surface area contributed by atoms with Gasteiger partial charge in [0.05, 0.1) is 12.2 Å². The highest BCUT2D eigenvalue weighted by atomic mass is 35.5. The lowest BCUT2D eigenvalue weighted by atomic mass is 10.3. The van der Waals surface area contributed by atoms with Crippen molar-refractivity contribution in [1.82, 2.24) is 15.0 Å². The summed E-state index contributed by atoms with van der Waals surface area (Å²) < 4.78 is 1.91. The number of nitrogens with zero attached hydrogens (tertiary/aromatic N) is 3. The Labute approximate surface area is 94.2 Å². The molecule has 14 heavy (non-hydrogen) atoms. The largest absolute Gasteiger partial charge is 0.251 e. The van der Waals surface area contributed by atoms with Crippen molar-refractivity contribution in [1.29, 1.82) is 0 Å². The Balaban J connectivity index is 2.27. The van der Waals surface area contributed by atoms with Crippen LogP contribution in [-0.4, -0.2) is 32.4 Å². The van der Waals surface area contributed by atoms with Crippen molar-refractivity contribution in [2.75, 3.05) is 17.4 Å². The molecule has 3 nitrogen and oxygen atoms in total. The van der Waals surface area contributed by atoms with Crippen molar-refractivity contribution < 1.29 is 0 Å². The van der Waals surface area contributed by atoms with Crippen LogP contribution in [0.5, 0.6) is 0 Å². The number of aromatic nitrogens is 3. The van der Waals surface area contributed by atoms with Crippen molar-refractivity contribution >= 4 is 23.4 Å². The summed E-state index contributed by atoms with van der Waals surface area (Å²) >= 11 is 7.52. The molecule has 0 atom stereocenters. The fraction of sp³-hybridized carbons (Fsp3) is 0.778. The van der Waals surface area contributed by atoms with E-state index in [1.807, 2.05) is 22.6 Å². The number of thioether (sulfide) groups is 1. The van der Waals surface area contributed by atoms with E-state index in [4.69, 9.17) is 11.6 Å². The zero-order chi connectivity index (χ0) is 10.2. The zero-order valence-corrected chi connectivity index (χ0v) is 10.0. The fourth-order valence-electron chi connectivity index (χ4n) is 1.11. The summed E-state index contributed by atoms with van der Waals surface area (Å²) in [5.41, 5.74) is 1.05. The zero-order valence-electron chi connectivity index (χ0n) is 8.45. The Kier molecular flexibility index (Phi) is 6.03. The Bertz CT molecular complexity index is 252. The summed E-state index contributed by atoms with van der Waals surface area (Å²) in [5, 5.41) is 8.13. The van der Waals surface area contributed by atoms with Gasteiger partial charge in [0, 0.05) is 17.8 Å². The molecule has 1 rings (SSSR count). The average molecular weight is 234 g/mol. The quantitative estimate of drug-likeness (QED) is 0.535. The minimum atomic E-state index is 0.693. The van der Waals surface area contributed by atoms with Crippen LogP contribution in [0.4, 0.5) is 0 Å². The first-order valence-corrected chi connectivity index (χ1v) is 6.58. The molecule has 80 valence electrons. The molecule has 0 unspecified atom stereocenters. The number of aryl methyl sites for hydroxylation is 2. The van der Waals surface area contributed by atoms with Crippen LogP contribution in [-0.2, 0) is 13.0 Å². The fourth-order valence-corrected chi connectivity index (χ4v) is 1.85. The smallest absolute Gasteiger partial charge is 0.0827 e. The molecule has 0 fully saturated rings. The number of hydrogen-bond acceptors (Lipinski definition) is 3. The van der Waals surface area contributed by atoms with Gasteiger partial charge in [-0.05, 0) is 18.6 Å². The van der Waals surface area contributed by atoms with Crippen LogP contribution < -0.4 is 0 Å². The molecular formula is C9H16ClN3S. The lowest BCUT2D eigenvalue weighted by Crippen LogP contribution is -2.01. The lowest BCUT2D eigenvalue weighted by molar-refractivity contribution is 0.632. The average Bonchev–Trinajstić information content (AvgIpc) is 2.63. The predicted octanol–water partition coefficient (Wildman–Crippen LogP) is 2.20. The Morgan fingerprint density at radius 2 is 2.43 bits per heavy atom. The molecule has 0 amide bonds. The standard InChI is InChI=1S/C9H16ClN3S/c1-2-14-7-6-13-8-9(11-12-13)4-3-5-10/h8H,2-7H2,1H3. The second kappa shape index (κ2) is 7.12. The highest BCUT2D eigenvalue weighted by molar-refractivity contribution is 7.99. The van der Waals surface area contributed by atoms with E-state index in [0.717, 1.165) is 36.6 Å². The van der Waals surface area contributed by atoms with E-state index in [0.29, 0.717) is 5.88 Å². The second-order valence-electron chi connectivity index (χ2n) is 2.96. The monoisotopic (exact) mass is 233 g/mol. The van der Waals surface area contributed by atoms with Gasteiger partial charge in [0.1, 0.15) is 0 Å². The molecule has 0 bridgehead atoms. The Hall–Kier alpha value is -0.220. The normalized spacial score (nSPS) is 10.7. The van der Waals surface area contributed by atoms with Crippen LogP contribution in [0.1, 0.15) is 19.0 Å². The van der Waals surface area contributed by atoms with E-state index >= 15 is 0 Å². The maximum atomic E-state index is 5.60. The first-order chi connectivity index (χ1) is 6.86. The molecular weight excluding hydrogens is 218 g/mol. The highest BCUT2D eigenvalue weighted by Crippen LogP contribution is 2.02. The van der Waals surface area contributed by atoms with Crippen molar-refractivity contribution in [2.45, 2.75) is 26.3 Å². The van der Waals surface area contributed by atoms with Crippen molar-refractivity contribution in [3.05, 3.63) is 11.9 Å². The van der Waals surface area contributed by atoms with Crippen LogP contribution in [0.3, 0.4) is 0 Å².